The van der Waals surface area contributed by atoms with E-state index in [1.165, 1.54) is 0 Å². The van der Waals surface area contributed by atoms with Gasteiger partial charge in [-0.2, -0.15) is 0 Å². The van der Waals surface area contributed by atoms with Crippen molar-refractivity contribution < 1.29 is 4.79 Å². The van der Waals surface area contributed by atoms with Gasteiger partial charge in [-0.3, -0.25) is 4.79 Å². The summed E-state index contributed by atoms with van der Waals surface area (Å²) in [6.07, 6.45) is 0.369. The zero-order valence-electron chi connectivity index (χ0n) is 11.0. The van der Waals surface area contributed by atoms with Gasteiger partial charge < -0.3 is 10.6 Å². The molecule has 3 nitrogen and oxygen atoms in total. The fraction of sp³-hybridized carbons (Fsp3) is 0.188. The van der Waals surface area contributed by atoms with Gasteiger partial charge in [-0.1, -0.05) is 30.3 Å². The lowest BCUT2D eigenvalue weighted by atomic mass is 10.1. The number of anilines is 2. The Labute approximate surface area is 113 Å². The van der Waals surface area contributed by atoms with Gasteiger partial charge in [-0.25, -0.2) is 0 Å². The van der Waals surface area contributed by atoms with Crippen LogP contribution in [0.25, 0.3) is 0 Å². The highest BCUT2D eigenvalue weighted by molar-refractivity contribution is 5.94. The average molecular weight is 254 g/mol. The van der Waals surface area contributed by atoms with E-state index in [9.17, 15) is 4.79 Å². The van der Waals surface area contributed by atoms with Gasteiger partial charge in [-0.05, 0) is 36.8 Å². The Morgan fingerprint density at radius 1 is 1.11 bits per heavy atom. The van der Waals surface area contributed by atoms with E-state index < -0.39 is 0 Å². The largest absolute Gasteiger partial charge is 0.399 e. The predicted molar refractivity (Wildman–Crippen MR) is 79.0 cm³/mol. The van der Waals surface area contributed by atoms with Crippen LogP contribution < -0.4 is 10.6 Å². The van der Waals surface area contributed by atoms with Crippen molar-refractivity contribution in [2.45, 2.75) is 13.3 Å². The van der Waals surface area contributed by atoms with Crippen molar-refractivity contribution in [2.24, 2.45) is 0 Å². The van der Waals surface area contributed by atoms with Crippen LogP contribution in [-0.2, 0) is 11.2 Å². The van der Waals surface area contributed by atoms with Crippen LogP contribution in [0.3, 0.4) is 0 Å². The van der Waals surface area contributed by atoms with Crippen LogP contribution in [0.5, 0.6) is 0 Å². The van der Waals surface area contributed by atoms with Crippen LogP contribution >= 0.6 is 0 Å². The van der Waals surface area contributed by atoms with E-state index in [0.29, 0.717) is 18.7 Å². The Morgan fingerprint density at radius 3 is 2.47 bits per heavy atom. The SMILES string of the molecule is CCN(C(=O)Cc1cccc(N)c1)c1ccccc1. The molecular formula is C16H18N2O. The third kappa shape index (κ3) is 3.35. The van der Waals surface area contributed by atoms with Gasteiger partial charge in [0.25, 0.3) is 0 Å². The standard InChI is InChI=1S/C16H18N2O/c1-2-18(15-9-4-3-5-10-15)16(19)12-13-7-6-8-14(17)11-13/h3-11H,2,12,17H2,1H3. The molecule has 0 saturated carbocycles. The van der Waals surface area contributed by atoms with Gasteiger partial charge in [0.15, 0.2) is 0 Å². The summed E-state index contributed by atoms with van der Waals surface area (Å²) in [7, 11) is 0. The van der Waals surface area contributed by atoms with Crippen LogP contribution in [0.15, 0.2) is 54.6 Å². The maximum Gasteiger partial charge on any atom is 0.231 e. The van der Waals surface area contributed by atoms with E-state index in [0.717, 1.165) is 11.3 Å². The zero-order chi connectivity index (χ0) is 13.7. The van der Waals surface area contributed by atoms with Gasteiger partial charge in [0, 0.05) is 17.9 Å². The third-order valence-electron chi connectivity index (χ3n) is 2.99. The van der Waals surface area contributed by atoms with Crippen molar-refractivity contribution in [3.8, 4) is 0 Å². The molecule has 0 bridgehead atoms. The molecule has 0 fully saturated rings. The fourth-order valence-electron chi connectivity index (χ4n) is 2.08. The quantitative estimate of drug-likeness (QED) is 0.853. The number of nitrogens with two attached hydrogens (primary N) is 1. The lowest BCUT2D eigenvalue weighted by Gasteiger charge is -2.21. The lowest BCUT2D eigenvalue weighted by Crippen LogP contribution is -2.31. The molecule has 0 aromatic heterocycles. The van der Waals surface area contributed by atoms with Crippen molar-refractivity contribution in [2.75, 3.05) is 17.2 Å². The van der Waals surface area contributed by atoms with E-state index >= 15 is 0 Å². The number of carbonyl (C=O) groups excluding carboxylic acids is 1. The second-order valence-electron chi connectivity index (χ2n) is 4.40. The number of carbonyl (C=O) groups is 1. The van der Waals surface area contributed by atoms with E-state index in [1.807, 2.05) is 61.5 Å². The summed E-state index contributed by atoms with van der Waals surface area (Å²) in [4.78, 5) is 14.1. The van der Waals surface area contributed by atoms with E-state index in [-0.39, 0.29) is 5.91 Å². The summed E-state index contributed by atoms with van der Waals surface area (Å²) in [6.45, 7) is 2.63. The van der Waals surface area contributed by atoms with Crippen molar-refractivity contribution in [1.29, 1.82) is 0 Å². The maximum atomic E-state index is 12.3. The van der Waals surface area contributed by atoms with E-state index in [1.54, 1.807) is 4.90 Å². The summed E-state index contributed by atoms with van der Waals surface area (Å²) in [5.74, 6) is 0.0827. The lowest BCUT2D eigenvalue weighted by molar-refractivity contribution is -0.117. The van der Waals surface area contributed by atoms with Crippen LogP contribution in [0.4, 0.5) is 11.4 Å². The highest BCUT2D eigenvalue weighted by Crippen LogP contribution is 2.15. The monoisotopic (exact) mass is 254 g/mol. The topological polar surface area (TPSA) is 46.3 Å². The number of para-hydroxylation sites is 1. The van der Waals surface area contributed by atoms with Crippen molar-refractivity contribution >= 4 is 17.3 Å². The Hall–Kier alpha value is -2.29. The first-order valence-corrected chi connectivity index (χ1v) is 6.40. The minimum absolute atomic E-state index is 0.0827. The molecule has 2 aromatic rings. The number of hydrogen-bond donors (Lipinski definition) is 1. The van der Waals surface area contributed by atoms with E-state index in [2.05, 4.69) is 0 Å². The molecule has 19 heavy (non-hydrogen) atoms. The summed E-state index contributed by atoms with van der Waals surface area (Å²) in [5, 5.41) is 0. The summed E-state index contributed by atoms with van der Waals surface area (Å²) < 4.78 is 0. The van der Waals surface area contributed by atoms with Crippen LogP contribution in [-0.4, -0.2) is 12.5 Å². The summed E-state index contributed by atoms with van der Waals surface area (Å²) in [6, 6.07) is 17.2. The third-order valence-corrected chi connectivity index (χ3v) is 2.99. The van der Waals surface area contributed by atoms with E-state index in [4.69, 9.17) is 5.73 Å². The van der Waals surface area contributed by atoms with Gasteiger partial charge in [-0.15, -0.1) is 0 Å². The number of rotatable bonds is 4. The average Bonchev–Trinajstić information content (AvgIpc) is 2.41. The maximum absolute atomic E-state index is 12.3. The second kappa shape index (κ2) is 6.05. The minimum atomic E-state index is 0.0827. The van der Waals surface area contributed by atoms with Crippen LogP contribution in [0.2, 0.25) is 0 Å². The minimum Gasteiger partial charge on any atom is -0.399 e. The predicted octanol–water partition coefficient (Wildman–Crippen LogP) is 2.86. The molecule has 98 valence electrons. The molecule has 0 radical (unpaired) electrons. The first kappa shape index (κ1) is 13.1. The van der Waals surface area contributed by atoms with Crippen molar-refractivity contribution in [1.82, 2.24) is 0 Å². The molecule has 2 aromatic carbocycles. The van der Waals surface area contributed by atoms with Crippen molar-refractivity contribution in [3.63, 3.8) is 0 Å². The van der Waals surface area contributed by atoms with Crippen LogP contribution in [0, 0.1) is 0 Å². The summed E-state index contributed by atoms with van der Waals surface area (Å²) in [5.41, 5.74) is 8.29. The molecule has 1 amide bonds. The molecule has 0 aliphatic rings. The fourth-order valence-corrected chi connectivity index (χ4v) is 2.08. The second-order valence-corrected chi connectivity index (χ2v) is 4.40. The molecule has 3 heteroatoms. The molecule has 0 spiro atoms. The molecule has 0 aliphatic carbocycles. The first-order chi connectivity index (χ1) is 9.20. The summed E-state index contributed by atoms with van der Waals surface area (Å²) >= 11 is 0. The molecule has 0 unspecified atom stereocenters. The number of nitrogens with zero attached hydrogens (tertiary/aromatic N) is 1. The Bertz CT molecular complexity index is 552. The number of amides is 1. The highest BCUT2D eigenvalue weighted by atomic mass is 16.2. The normalized spacial score (nSPS) is 10.2. The molecule has 0 heterocycles. The Balaban J connectivity index is 2.14. The van der Waals surface area contributed by atoms with Crippen LogP contribution in [0.1, 0.15) is 12.5 Å². The molecule has 2 N–H and O–H groups in total. The van der Waals surface area contributed by atoms with Gasteiger partial charge >= 0.3 is 0 Å². The Morgan fingerprint density at radius 2 is 1.84 bits per heavy atom. The molecular weight excluding hydrogens is 236 g/mol. The number of likely N-dealkylation sites (N-methyl/N-ethyl adjacent to an activating group) is 1. The molecule has 0 aliphatic heterocycles. The highest BCUT2D eigenvalue weighted by Gasteiger charge is 2.13. The van der Waals surface area contributed by atoms with Gasteiger partial charge in [0.05, 0.1) is 6.42 Å². The molecule has 0 saturated heterocycles. The smallest absolute Gasteiger partial charge is 0.231 e. The molecule has 2 rings (SSSR count). The molecule has 0 atom stereocenters. The number of benzene rings is 2. The number of nitrogen functional groups attached to an aromatic ring is 1. The zero-order valence-corrected chi connectivity index (χ0v) is 11.0. The first-order valence-electron chi connectivity index (χ1n) is 6.40. The van der Waals surface area contributed by atoms with Gasteiger partial charge in [0.1, 0.15) is 0 Å². The van der Waals surface area contributed by atoms with Gasteiger partial charge in [0.2, 0.25) is 5.91 Å². The van der Waals surface area contributed by atoms with Crippen molar-refractivity contribution in [3.05, 3.63) is 60.2 Å². The Kier molecular flexibility index (Phi) is 4.18. The number of hydrogen-bond acceptors (Lipinski definition) is 2.